The summed E-state index contributed by atoms with van der Waals surface area (Å²) >= 11 is 0. The summed E-state index contributed by atoms with van der Waals surface area (Å²) in [5.74, 6) is -0.295. The second kappa shape index (κ2) is 5.33. The van der Waals surface area contributed by atoms with E-state index in [1.165, 1.54) is 6.20 Å². The van der Waals surface area contributed by atoms with E-state index in [1.807, 2.05) is 24.3 Å². The van der Waals surface area contributed by atoms with Gasteiger partial charge in [-0.15, -0.1) is 0 Å². The van der Waals surface area contributed by atoms with E-state index >= 15 is 0 Å². The van der Waals surface area contributed by atoms with Crippen LogP contribution in [0.3, 0.4) is 0 Å². The average Bonchev–Trinajstić information content (AvgIpc) is 2.83. The number of amides is 1. The molecule has 1 aromatic heterocycles. The number of nitrogens with two attached hydrogens (primary N) is 1. The van der Waals surface area contributed by atoms with E-state index in [0.717, 1.165) is 11.1 Å². The number of aromatic amines is 1. The van der Waals surface area contributed by atoms with Crippen LogP contribution in [0.2, 0.25) is 0 Å². The minimum absolute atomic E-state index is 0.0112. The quantitative estimate of drug-likeness (QED) is 0.627. The minimum Gasteiger partial charge on any atom is -0.396 e. The molecule has 2 rings (SSSR count). The molecule has 18 heavy (non-hydrogen) atoms. The number of aromatic nitrogens is 2. The van der Waals surface area contributed by atoms with Crippen LogP contribution in [0.25, 0.3) is 0 Å². The molecule has 0 spiro atoms. The number of hydrogen-bond donors (Lipinski definition) is 4. The van der Waals surface area contributed by atoms with Crippen LogP contribution in [0.5, 0.6) is 0 Å². The van der Waals surface area contributed by atoms with E-state index in [0.29, 0.717) is 12.2 Å². The number of carbonyl (C=O) groups excluding carboxylic acids is 1. The predicted molar refractivity (Wildman–Crippen MR) is 66.5 cm³/mol. The Labute approximate surface area is 104 Å². The molecule has 0 aliphatic rings. The molecule has 0 fully saturated rings. The fourth-order valence-electron chi connectivity index (χ4n) is 1.51. The summed E-state index contributed by atoms with van der Waals surface area (Å²) in [6, 6.07) is 7.32. The molecule has 0 saturated heterocycles. The highest BCUT2D eigenvalue weighted by atomic mass is 16.3. The van der Waals surface area contributed by atoms with E-state index < -0.39 is 0 Å². The molecule has 0 aliphatic carbocycles. The maximum Gasteiger partial charge on any atom is 0.271 e. The van der Waals surface area contributed by atoms with Crippen molar-refractivity contribution in [1.82, 2.24) is 15.5 Å². The largest absolute Gasteiger partial charge is 0.396 e. The van der Waals surface area contributed by atoms with Crippen LogP contribution in [0.15, 0.2) is 30.5 Å². The molecule has 2 aromatic rings. The number of nitrogens with zero attached hydrogens (tertiary/aromatic N) is 1. The van der Waals surface area contributed by atoms with Gasteiger partial charge in [-0.05, 0) is 11.1 Å². The highest BCUT2D eigenvalue weighted by Gasteiger charge is 2.10. The molecule has 1 amide bonds. The first-order chi connectivity index (χ1) is 8.70. The van der Waals surface area contributed by atoms with Gasteiger partial charge in [-0.3, -0.25) is 9.89 Å². The lowest BCUT2D eigenvalue weighted by molar-refractivity contribution is 0.0947. The van der Waals surface area contributed by atoms with Crippen LogP contribution in [0.4, 0.5) is 5.69 Å². The fraction of sp³-hybridized carbons (Fsp3) is 0.167. The molecule has 0 aliphatic heterocycles. The summed E-state index contributed by atoms with van der Waals surface area (Å²) in [5, 5.41) is 17.9. The molecule has 0 radical (unpaired) electrons. The third-order valence-electron chi connectivity index (χ3n) is 2.55. The molecule has 6 nitrogen and oxygen atoms in total. The molecule has 1 aromatic carbocycles. The summed E-state index contributed by atoms with van der Waals surface area (Å²) in [7, 11) is 0. The average molecular weight is 246 g/mol. The first-order valence-corrected chi connectivity index (χ1v) is 5.46. The van der Waals surface area contributed by atoms with E-state index in [9.17, 15) is 4.79 Å². The molecule has 0 bridgehead atoms. The van der Waals surface area contributed by atoms with Crippen LogP contribution < -0.4 is 11.1 Å². The number of hydrogen-bond acceptors (Lipinski definition) is 4. The Morgan fingerprint density at radius 2 is 2.00 bits per heavy atom. The zero-order valence-electron chi connectivity index (χ0n) is 9.68. The van der Waals surface area contributed by atoms with Gasteiger partial charge in [-0.2, -0.15) is 5.10 Å². The third-order valence-corrected chi connectivity index (χ3v) is 2.55. The normalized spacial score (nSPS) is 10.3. The van der Waals surface area contributed by atoms with E-state index in [-0.39, 0.29) is 18.2 Å². The Morgan fingerprint density at radius 1 is 1.33 bits per heavy atom. The van der Waals surface area contributed by atoms with Crippen molar-refractivity contribution in [2.24, 2.45) is 0 Å². The Kier molecular flexibility index (Phi) is 3.59. The van der Waals surface area contributed by atoms with Crippen molar-refractivity contribution in [3.63, 3.8) is 0 Å². The van der Waals surface area contributed by atoms with Crippen molar-refractivity contribution in [3.05, 3.63) is 47.3 Å². The number of aliphatic hydroxyl groups excluding tert-OH is 1. The molecule has 0 unspecified atom stereocenters. The van der Waals surface area contributed by atoms with Crippen LogP contribution in [-0.2, 0) is 13.2 Å². The molecule has 5 N–H and O–H groups in total. The van der Waals surface area contributed by atoms with Gasteiger partial charge >= 0.3 is 0 Å². The first kappa shape index (κ1) is 12.1. The fourth-order valence-corrected chi connectivity index (χ4v) is 1.51. The number of benzene rings is 1. The SMILES string of the molecule is Nc1cn[nH]c1C(=O)NCc1ccc(CO)cc1. The minimum atomic E-state index is -0.295. The zero-order valence-corrected chi connectivity index (χ0v) is 9.68. The highest BCUT2D eigenvalue weighted by Crippen LogP contribution is 2.07. The monoisotopic (exact) mass is 246 g/mol. The Balaban J connectivity index is 1.95. The van der Waals surface area contributed by atoms with Gasteiger partial charge in [0.1, 0.15) is 5.69 Å². The standard InChI is InChI=1S/C12H14N4O2/c13-10-6-15-16-11(10)12(18)14-5-8-1-3-9(7-17)4-2-8/h1-4,6,17H,5,7,13H2,(H,14,18)(H,15,16). The second-order valence-electron chi connectivity index (χ2n) is 3.86. The molecular formula is C12H14N4O2. The smallest absolute Gasteiger partial charge is 0.271 e. The number of anilines is 1. The summed E-state index contributed by atoms with van der Waals surface area (Å²) in [4.78, 5) is 11.7. The number of aliphatic hydroxyl groups is 1. The van der Waals surface area contributed by atoms with Crippen LogP contribution in [-0.4, -0.2) is 21.2 Å². The lowest BCUT2D eigenvalue weighted by atomic mass is 10.1. The molecule has 94 valence electrons. The van der Waals surface area contributed by atoms with Crippen LogP contribution in [0, 0.1) is 0 Å². The van der Waals surface area contributed by atoms with Gasteiger partial charge in [0, 0.05) is 6.54 Å². The highest BCUT2D eigenvalue weighted by molar-refractivity contribution is 5.96. The van der Waals surface area contributed by atoms with Gasteiger partial charge < -0.3 is 16.2 Å². The zero-order chi connectivity index (χ0) is 13.0. The maximum atomic E-state index is 11.7. The van der Waals surface area contributed by atoms with Crippen LogP contribution in [0.1, 0.15) is 21.6 Å². The Bertz CT molecular complexity index is 533. The molecule has 1 heterocycles. The van der Waals surface area contributed by atoms with E-state index in [2.05, 4.69) is 15.5 Å². The van der Waals surface area contributed by atoms with Gasteiger partial charge in [0.05, 0.1) is 18.5 Å². The van der Waals surface area contributed by atoms with E-state index in [4.69, 9.17) is 10.8 Å². The summed E-state index contributed by atoms with van der Waals surface area (Å²) in [6.45, 7) is 0.403. The summed E-state index contributed by atoms with van der Waals surface area (Å²) < 4.78 is 0. The molecule has 0 atom stereocenters. The summed E-state index contributed by atoms with van der Waals surface area (Å²) in [5.41, 5.74) is 7.93. The second-order valence-corrected chi connectivity index (χ2v) is 3.86. The van der Waals surface area contributed by atoms with Crippen molar-refractivity contribution < 1.29 is 9.90 Å². The van der Waals surface area contributed by atoms with Crippen molar-refractivity contribution in [1.29, 1.82) is 0 Å². The molecule has 6 heteroatoms. The van der Waals surface area contributed by atoms with Crippen molar-refractivity contribution in [2.75, 3.05) is 5.73 Å². The summed E-state index contributed by atoms with van der Waals surface area (Å²) in [6.07, 6.45) is 1.39. The number of nitrogens with one attached hydrogen (secondary N) is 2. The van der Waals surface area contributed by atoms with Gasteiger partial charge in [-0.25, -0.2) is 0 Å². The number of nitrogen functional groups attached to an aromatic ring is 1. The Morgan fingerprint density at radius 3 is 2.56 bits per heavy atom. The van der Waals surface area contributed by atoms with Gasteiger partial charge in [0.2, 0.25) is 0 Å². The Hall–Kier alpha value is -2.34. The maximum absolute atomic E-state index is 11.7. The van der Waals surface area contributed by atoms with Gasteiger partial charge in [0.15, 0.2) is 0 Å². The lowest BCUT2D eigenvalue weighted by Gasteiger charge is -2.05. The van der Waals surface area contributed by atoms with Crippen molar-refractivity contribution in [3.8, 4) is 0 Å². The number of H-pyrrole nitrogens is 1. The van der Waals surface area contributed by atoms with Gasteiger partial charge in [-0.1, -0.05) is 24.3 Å². The topological polar surface area (TPSA) is 104 Å². The van der Waals surface area contributed by atoms with Crippen molar-refractivity contribution >= 4 is 11.6 Å². The van der Waals surface area contributed by atoms with Crippen LogP contribution >= 0.6 is 0 Å². The molecular weight excluding hydrogens is 232 g/mol. The molecule has 0 saturated carbocycles. The third kappa shape index (κ3) is 2.67. The van der Waals surface area contributed by atoms with E-state index in [1.54, 1.807) is 0 Å². The van der Waals surface area contributed by atoms with Gasteiger partial charge in [0.25, 0.3) is 5.91 Å². The number of carbonyl (C=O) groups is 1. The van der Waals surface area contributed by atoms with Crippen molar-refractivity contribution in [2.45, 2.75) is 13.2 Å². The lowest BCUT2D eigenvalue weighted by Crippen LogP contribution is -2.24. The first-order valence-electron chi connectivity index (χ1n) is 5.46. The number of rotatable bonds is 4. The predicted octanol–water partition coefficient (Wildman–Crippen LogP) is 0.414.